The van der Waals surface area contributed by atoms with Gasteiger partial charge in [0.2, 0.25) is 0 Å². The van der Waals surface area contributed by atoms with Crippen LogP contribution in [0.15, 0.2) is 28.7 Å². The number of nitrogens with zero attached hydrogens (tertiary/aromatic N) is 1. The van der Waals surface area contributed by atoms with Crippen LogP contribution in [0.1, 0.15) is 19.4 Å². The van der Waals surface area contributed by atoms with E-state index < -0.39 is 0 Å². The highest BCUT2D eigenvalue weighted by atomic mass is 79.9. The van der Waals surface area contributed by atoms with Crippen molar-refractivity contribution in [1.29, 1.82) is 0 Å². The summed E-state index contributed by atoms with van der Waals surface area (Å²) in [6.45, 7) is 9.71. The van der Waals surface area contributed by atoms with Crippen molar-refractivity contribution in [1.82, 2.24) is 10.2 Å². The molecular formula is C13H21BrN2. The minimum absolute atomic E-state index is 1.03. The van der Waals surface area contributed by atoms with Crippen molar-refractivity contribution in [2.45, 2.75) is 20.4 Å². The number of likely N-dealkylation sites (N-methyl/N-ethyl adjacent to an activating group) is 2. The Morgan fingerprint density at radius 1 is 1.31 bits per heavy atom. The second-order valence-corrected chi connectivity index (χ2v) is 4.77. The van der Waals surface area contributed by atoms with Gasteiger partial charge in [0.25, 0.3) is 0 Å². The van der Waals surface area contributed by atoms with Crippen molar-refractivity contribution >= 4 is 15.9 Å². The molecule has 0 aliphatic heterocycles. The molecule has 0 radical (unpaired) electrons. The Morgan fingerprint density at radius 2 is 2.12 bits per heavy atom. The molecule has 0 aliphatic carbocycles. The molecule has 0 fully saturated rings. The molecule has 90 valence electrons. The average molecular weight is 285 g/mol. The summed E-state index contributed by atoms with van der Waals surface area (Å²) in [5, 5.41) is 3.36. The summed E-state index contributed by atoms with van der Waals surface area (Å²) in [5.41, 5.74) is 1.37. The van der Waals surface area contributed by atoms with Gasteiger partial charge in [-0.25, -0.2) is 0 Å². The van der Waals surface area contributed by atoms with Crippen LogP contribution in [0.3, 0.4) is 0 Å². The molecule has 0 atom stereocenters. The van der Waals surface area contributed by atoms with Gasteiger partial charge in [0, 0.05) is 24.1 Å². The van der Waals surface area contributed by atoms with Gasteiger partial charge < -0.3 is 5.32 Å². The standard InChI is InChI=1S/C13H21BrN2/c1-3-15-8-9-16(4-2)11-12-6-5-7-13(14)10-12/h5-7,10,15H,3-4,8-9,11H2,1-2H3. The maximum atomic E-state index is 3.51. The third kappa shape index (κ3) is 5.10. The fourth-order valence-electron chi connectivity index (χ4n) is 1.66. The second kappa shape index (κ2) is 7.82. The fourth-order valence-corrected chi connectivity index (χ4v) is 2.10. The minimum atomic E-state index is 1.03. The first-order valence-electron chi connectivity index (χ1n) is 5.93. The zero-order valence-electron chi connectivity index (χ0n) is 10.2. The minimum Gasteiger partial charge on any atom is -0.316 e. The summed E-state index contributed by atoms with van der Waals surface area (Å²) in [4.78, 5) is 2.45. The van der Waals surface area contributed by atoms with Gasteiger partial charge in [0.05, 0.1) is 0 Å². The van der Waals surface area contributed by atoms with E-state index in [2.05, 4.69) is 64.3 Å². The summed E-state index contributed by atoms with van der Waals surface area (Å²) in [7, 11) is 0. The summed E-state index contributed by atoms with van der Waals surface area (Å²) >= 11 is 3.51. The summed E-state index contributed by atoms with van der Waals surface area (Å²) < 4.78 is 1.16. The molecule has 1 aromatic carbocycles. The van der Waals surface area contributed by atoms with Gasteiger partial charge in [-0.2, -0.15) is 0 Å². The Labute approximate surface area is 107 Å². The Morgan fingerprint density at radius 3 is 2.75 bits per heavy atom. The molecule has 16 heavy (non-hydrogen) atoms. The molecule has 1 aromatic rings. The van der Waals surface area contributed by atoms with E-state index in [4.69, 9.17) is 0 Å². The van der Waals surface area contributed by atoms with Crippen LogP contribution in [0, 0.1) is 0 Å². The molecular weight excluding hydrogens is 264 g/mol. The number of halogens is 1. The Hall–Kier alpha value is -0.380. The van der Waals surface area contributed by atoms with Crippen molar-refractivity contribution in [2.24, 2.45) is 0 Å². The average Bonchev–Trinajstić information content (AvgIpc) is 2.28. The third-order valence-electron chi connectivity index (χ3n) is 2.60. The summed E-state index contributed by atoms with van der Waals surface area (Å²) in [5.74, 6) is 0. The van der Waals surface area contributed by atoms with Crippen LogP contribution < -0.4 is 5.32 Å². The van der Waals surface area contributed by atoms with Gasteiger partial charge in [0.1, 0.15) is 0 Å². The number of rotatable bonds is 7. The first-order valence-corrected chi connectivity index (χ1v) is 6.73. The lowest BCUT2D eigenvalue weighted by molar-refractivity contribution is 0.280. The van der Waals surface area contributed by atoms with Gasteiger partial charge >= 0.3 is 0 Å². The van der Waals surface area contributed by atoms with Crippen molar-refractivity contribution < 1.29 is 0 Å². The van der Waals surface area contributed by atoms with Crippen LogP contribution in [0.2, 0.25) is 0 Å². The predicted octanol–water partition coefficient (Wildman–Crippen LogP) is 2.88. The van der Waals surface area contributed by atoms with Crippen LogP contribution in [-0.2, 0) is 6.54 Å². The molecule has 2 nitrogen and oxygen atoms in total. The van der Waals surface area contributed by atoms with Gasteiger partial charge in [-0.1, -0.05) is 41.9 Å². The lowest BCUT2D eigenvalue weighted by Gasteiger charge is -2.20. The predicted molar refractivity (Wildman–Crippen MR) is 73.6 cm³/mol. The number of benzene rings is 1. The molecule has 0 saturated carbocycles. The van der Waals surface area contributed by atoms with E-state index in [1.807, 2.05) is 0 Å². The summed E-state index contributed by atoms with van der Waals surface area (Å²) in [6.07, 6.45) is 0. The Kier molecular flexibility index (Phi) is 6.69. The SMILES string of the molecule is CCNCCN(CC)Cc1cccc(Br)c1. The van der Waals surface area contributed by atoms with Gasteiger partial charge in [-0.15, -0.1) is 0 Å². The lowest BCUT2D eigenvalue weighted by Crippen LogP contribution is -2.31. The molecule has 0 bridgehead atoms. The van der Waals surface area contributed by atoms with Crippen molar-refractivity contribution in [3.05, 3.63) is 34.3 Å². The van der Waals surface area contributed by atoms with E-state index in [-0.39, 0.29) is 0 Å². The molecule has 0 unspecified atom stereocenters. The number of hydrogen-bond acceptors (Lipinski definition) is 2. The highest BCUT2D eigenvalue weighted by Gasteiger charge is 2.03. The van der Waals surface area contributed by atoms with E-state index in [1.54, 1.807) is 0 Å². The monoisotopic (exact) mass is 284 g/mol. The van der Waals surface area contributed by atoms with Gasteiger partial charge in [-0.05, 0) is 30.8 Å². The molecule has 0 spiro atoms. The zero-order valence-corrected chi connectivity index (χ0v) is 11.8. The first-order chi connectivity index (χ1) is 7.76. The molecule has 0 saturated heterocycles. The zero-order chi connectivity index (χ0) is 11.8. The van der Waals surface area contributed by atoms with Crippen LogP contribution in [0.4, 0.5) is 0 Å². The molecule has 1 N–H and O–H groups in total. The van der Waals surface area contributed by atoms with Crippen LogP contribution in [-0.4, -0.2) is 31.1 Å². The lowest BCUT2D eigenvalue weighted by atomic mass is 10.2. The van der Waals surface area contributed by atoms with Crippen LogP contribution in [0.25, 0.3) is 0 Å². The van der Waals surface area contributed by atoms with Crippen LogP contribution in [0.5, 0.6) is 0 Å². The van der Waals surface area contributed by atoms with E-state index >= 15 is 0 Å². The number of nitrogens with one attached hydrogen (secondary N) is 1. The van der Waals surface area contributed by atoms with Gasteiger partial charge in [-0.3, -0.25) is 4.90 Å². The first kappa shape index (κ1) is 13.7. The Bertz CT molecular complexity index is 302. The largest absolute Gasteiger partial charge is 0.316 e. The fraction of sp³-hybridized carbons (Fsp3) is 0.538. The molecule has 1 rings (SSSR count). The quantitative estimate of drug-likeness (QED) is 0.775. The maximum absolute atomic E-state index is 3.51. The van der Waals surface area contributed by atoms with E-state index in [1.165, 1.54) is 5.56 Å². The Balaban J connectivity index is 2.43. The normalized spacial score (nSPS) is 11.0. The van der Waals surface area contributed by atoms with Gasteiger partial charge in [0.15, 0.2) is 0 Å². The van der Waals surface area contributed by atoms with Crippen LogP contribution >= 0.6 is 15.9 Å². The molecule has 0 heterocycles. The van der Waals surface area contributed by atoms with Crippen molar-refractivity contribution in [2.75, 3.05) is 26.2 Å². The molecule has 0 amide bonds. The smallest absolute Gasteiger partial charge is 0.0234 e. The number of hydrogen-bond donors (Lipinski definition) is 1. The third-order valence-corrected chi connectivity index (χ3v) is 3.09. The van der Waals surface area contributed by atoms with Crippen molar-refractivity contribution in [3.63, 3.8) is 0 Å². The molecule has 0 aromatic heterocycles. The van der Waals surface area contributed by atoms with E-state index in [9.17, 15) is 0 Å². The highest BCUT2D eigenvalue weighted by Crippen LogP contribution is 2.13. The maximum Gasteiger partial charge on any atom is 0.0234 e. The highest BCUT2D eigenvalue weighted by molar-refractivity contribution is 9.10. The second-order valence-electron chi connectivity index (χ2n) is 3.85. The molecule has 0 aliphatic rings. The van der Waals surface area contributed by atoms with Crippen molar-refractivity contribution in [3.8, 4) is 0 Å². The van der Waals surface area contributed by atoms with E-state index in [0.717, 1.165) is 37.2 Å². The summed E-state index contributed by atoms with van der Waals surface area (Å²) in [6, 6.07) is 8.53. The van der Waals surface area contributed by atoms with E-state index in [0.29, 0.717) is 0 Å². The molecule has 3 heteroatoms. The topological polar surface area (TPSA) is 15.3 Å².